The minimum atomic E-state index is -2.96. The lowest BCUT2D eigenvalue weighted by Crippen LogP contribution is -2.22. The van der Waals surface area contributed by atoms with Gasteiger partial charge in [-0.25, -0.2) is 32.2 Å². The molecular weight excluding hydrogens is 434 g/mol. The molecule has 1 aliphatic heterocycles. The Bertz CT molecular complexity index is 1240. The summed E-state index contributed by atoms with van der Waals surface area (Å²) in [6.45, 7) is 4.68. The summed E-state index contributed by atoms with van der Waals surface area (Å²) in [5, 5.41) is 4.04. The summed E-state index contributed by atoms with van der Waals surface area (Å²) in [5.41, 5.74) is 3.05. The van der Waals surface area contributed by atoms with Gasteiger partial charge in [0.15, 0.2) is 5.65 Å². The number of halogens is 2. The van der Waals surface area contributed by atoms with Gasteiger partial charge in [0, 0.05) is 24.2 Å². The molecule has 0 saturated carbocycles. The quantitative estimate of drug-likeness (QED) is 0.582. The van der Waals surface area contributed by atoms with Crippen LogP contribution in [0.2, 0.25) is 0 Å². The first-order valence-corrected chi connectivity index (χ1v) is 12.4. The van der Waals surface area contributed by atoms with Crippen LogP contribution in [0, 0.1) is 6.92 Å². The van der Waals surface area contributed by atoms with Crippen LogP contribution >= 0.6 is 0 Å². The van der Waals surface area contributed by atoms with Crippen molar-refractivity contribution in [3.8, 4) is 0 Å². The smallest absolute Gasteiger partial charge is 0.270 e. The monoisotopic (exact) mass is 460 g/mol. The summed E-state index contributed by atoms with van der Waals surface area (Å²) in [4.78, 5) is 13.3. The van der Waals surface area contributed by atoms with Crippen LogP contribution < -0.4 is 5.32 Å². The number of hydrogen-bond donors (Lipinski definition) is 1. The number of pyridine rings is 1. The van der Waals surface area contributed by atoms with Crippen LogP contribution in [0.15, 0.2) is 36.7 Å². The van der Waals surface area contributed by atoms with E-state index in [0.717, 1.165) is 23.6 Å². The van der Waals surface area contributed by atoms with Gasteiger partial charge in [-0.3, -0.25) is 0 Å². The van der Waals surface area contributed by atoms with E-state index in [1.54, 1.807) is 12.1 Å². The Labute approximate surface area is 186 Å². The van der Waals surface area contributed by atoms with E-state index in [1.165, 1.54) is 18.5 Å². The Morgan fingerprint density at radius 1 is 1.16 bits per heavy atom. The summed E-state index contributed by atoms with van der Waals surface area (Å²) in [6.07, 6.45) is 2.57. The fourth-order valence-electron chi connectivity index (χ4n) is 4.19. The van der Waals surface area contributed by atoms with Crippen molar-refractivity contribution in [2.45, 2.75) is 51.5 Å². The minimum absolute atomic E-state index is 0.0389. The molecule has 1 saturated heterocycles. The van der Waals surface area contributed by atoms with E-state index in [0.29, 0.717) is 29.9 Å². The maximum Gasteiger partial charge on any atom is 0.270 e. The Kier molecular flexibility index (Phi) is 5.87. The molecule has 1 aromatic carbocycles. The predicted octanol–water partition coefficient (Wildman–Crippen LogP) is 4.91. The molecule has 1 atom stereocenters. The minimum Gasteiger partial charge on any atom is -0.363 e. The number of aromatic nitrogens is 3. The highest BCUT2D eigenvalue weighted by molar-refractivity contribution is 7.91. The van der Waals surface area contributed by atoms with E-state index in [-0.39, 0.29) is 29.0 Å². The lowest BCUT2D eigenvalue weighted by molar-refractivity contribution is 0.0174. The Morgan fingerprint density at radius 2 is 1.88 bits per heavy atom. The Hall–Kier alpha value is -2.68. The van der Waals surface area contributed by atoms with Gasteiger partial charge in [-0.2, -0.15) is 0 Å². The zero-order valence-corrected chi connectivity index (χ0v) is 19.1. The first-order valence-electron chi connectivity index (χ1n) is 10.6. The summed E-state index contributed by atoms with van der Waals surface area (Å²) in [6, 6.07) is 8.05. The molecule has 1 N–H and O–H groups in total. The average molecular weight is 461 g/mol. The molecule has 0 radical (unpaired) electrons. The molecule has 3 heterocycles. The molecule has 32 heavy (non-hydrogen) atoms. The predicted molar refractivity (Wildman–Crippen MR) is 121 cm³/mol. The highest BCUT2D eigenvalue weighted by atomic mass is 32.2. The van der Waals surface area contributed by atoms with Gasteiger partial charge < -0.3 is 5.32 Å². The van der Waals surface area contributed by atoms with Crippen molar-refractivity contribution in [3.63, 3.8) is 0 Å². The molecule has 0 amide bonds. The molecule has 0 unspecified atom stereocenters. The fourth-order valence-corrected chi connectivity index (χ4v) is 5.68. The number of hydrogen-bond acceptors (Lipinski definition) is 6. The molecule has 2 aromatic heterocycles. The fraction of sp³-hybridized carbons (Fsp3) is 0.435. The van der Waals surface area contributed by atoms with Gasteiger partial charge in [-0.05, 0) is 55.9 Å². The van der Waals surface area contributed by atoms with Crippen molar-refractivity contribution < 1.29 is 17.2 Å². The lowest BCUT2D eigenvalue weighted by atomic mass is 9.91. The highest BCUT2D eigenvalue weighted by Gasteiger charge is 2.27. The number of benzene rings is 1. The van der Waals surface area contributed by atoms with Crippen LogP contribution in [0.1, 0.15) is 61.0 Å². The number of fused-ring (bicyclic) bond motifs is 1. The van der Waals surface area contributed by atoms with Gasteiger partial charge in [0.2, 0.25) is 0 Å². The Morgan fingerprint density at radius 3 is 2.56 bits per heavy atom. The number of aryl methyl sites for hydroxylation is 1. The molecule has 1 fully saturated rings. The van der Waals surface area contributed by atoms with Crippen molar-refractivity contribution >= 4 is 26.7 Å². The van der Waals surface area contributed by atoms with Gasteiger partial charge in [-0.1, -0.05) is 18.2 Å². The zero-order valence-electron chi connectivity index (χ0n) is 18.3. The van der Waals surface area contributed by atoms with Gasteiger partial charge in [0.05, 0.1) is 16.9 Å². The lowest BCUT2D eigenvalue weighted by Gasteiger charge is -2.24. The van der Waals surface area contributed by atoms with E-state index in [9.17, 15) is 17.2 Å². The van der Waals surface area contributed by atoms with Crippen LogP contribution in [0.25, 0.3) is 11.0 Å². The van der Waals surface area contributed by atoms with Crippen LogP contribution in [0.3, 0.4) is 0 Å². The van der Waals surface area contributed by atoms with Crippen molar-refractivity contribution in [3.05, 3.63) is 59.0 Å². The highest BCUT2D eigenvalue weighted by Crippen LogP contribution is 2.34. The van der Waals surface area contributed by atoms with Crippen molar-refractivity contribution in [2.24, 2.45) is 0 Å². The van der Waals surface area contributed by atoms with E-state index < -0.39 is 15.8 Å². The van der Waals surface area contributed by atoms with E-state index >= 15 is 0 Å². The Balaban J connectivity index is 1.66. The zero-order chi connectivity index (χ0) is 23.1. The molecule has 0 aliphatic carbocycles. The van der Waals surface area contributed by atoms with Gasteiger partial charge >= 0.3 is 0 Å². The van der Waals surface area contributed by atoms with Crippen LogP contribution in [-0.2, 0) is 15.8 Å². The first-order chi connectivity index (χ1) is 15.0. The standard InChI is InChI=1S/C23H26F2N4O2S/c1-14(17-5-4-6-18(11-17)23(3,24)25)28-21-20-12-19(15(2)29-22(20)27-13-26-21)16-7-9-32(30,31)10-8-16/h4-6,11-14,16H,7-10H2,1-3H3,(H,26,27,28,29)/t14-/m1/s1. The molecule has 0 bridgehead atoms. The summed E-state index contributed by atoms with van der Waals surface area (Å²) in [7, 11) is -2.96. The average Bonchev–Trinajstić information content (AvgIpc) is 2.73. The SMILES string of the molecule is Cc1nc2ncnc(N[C@H](C)c3cccc(C(C)(F)F)c3)c2cc1C1CCS(=O)(=O)CC1. The molecule has 170 valence electrons. The number of nitrogens with one attached hydrogen (secondary N) is 1. The topological polar surface area (TPSA) is 84.8 Å². The van der Waals surface area contributed by atoms with E-state index in [2.05, 4.69) is 20.3 Å². The summed E-state index contributed by atoms with van der Waals surface area (Å²) >= 11 is 0. The third kappa shape index (κ3) is 4.72. The molecule has 9 heteroatoms. The number of anilines is 1. The van der Waals surface area contributed by atoms with E-state index in [4.69, 9.17) is 0 Å². The van der Waals surface area contributed by atoms with Crippen molar-refractivity contribution in [1.29, 1.82) is 0 Å². The van der Waals surface area contributed by atoms with Crippen LogP contribution in [-0.4, -0.2) is 34.9 Å². The van der Waals surface area contributed by atoms with Gasteiger partial charge in [0.25, 0.3) is 5.92 Å². The second kappa shape index (κ2) is 8.35. The summed E-state index contributed by atoms with van der Waals surface area (Å²) in [5.74, 6) is -1.87. The number of alkyl halides is 2. The maximum atomic E-state index is 13.8. The maximum absolute atomic E-state index is 13.8. The molecule has 0 spiro atoms. The molecule has 6 nitrogen and oxygen atoms in total. The van der Waals surface area contributed by atoms with Gasteiger partial charge in [0.1, 0.15) is 22.0 Å². The third-order valence-corrected chi connectivity index (χ3v) is 7.81. The third-order valence-electron chi connectivity index (χ3n) is 6.10. The molecular formula is C23H26F2N4O2S. The van der Waals surface area contributed by atoms with Crippen molar-refractivity contribution in [1.82, 2.24) is 15.0 Å². The largest absolute Gasteiger partial charge is 0.363 e. The number of nitrogens with zero attached hydrogens (tertiary/aromatic N) is 3. The van der Waals surface area contributed by atoms with Crippen molar-refractivity contribution in [2.75, 3.05) is 16.8 Å². The number of sulfone groups is 1. The first kappa shape index (κ1) is 22.5. The second-order valence-electron chi connectivity index (χ2n) is 8.56. The number of rotatable bonds is 5. The normalized spacial score (nSPS) is 17.9. The molecule has 3 aromatic rings. The van der Waals surface area contributed by atoms with Crippen LogP contribution in [0.5, 0.6) is 0 Å². The van der Waals surface area contributed by atoms with Crippen LogP contribution in [0.4, 0.5) is 14.6 Å². The summed E-state index contributed by atoms with van der Waals surface area (Å²) < 4.78 is 51.2. The van der Waals surface area contributed by atoms with E-state index in [1.807, 2.05) is 19.9 Å². The second-order valence-corrected chi connectivity index (χ2v) is 10.9. The molecule has 4 rings (SSSR count). The molecule has 1 aliphatic rings. The van der Waals surface area contributed by atoms with Gasteiger partial charge in [-0.15, -0.1) is 0 Å².